The Hall–Kier alpha value is -3.55. The summed E-state index contributed by atoms with van der Waals surface area (Å²) in [6.07, 6.45) is 0.343. The smallest absolute Gasteiger partial charge is 0.408 e. The number of nitrogens with one attached hydrogen (secondary N) is 2. The molecule has 0 aliphatic heterocycles. The third-order valence-electron chi connectivity index (χ3n) is 6.62. The minimum atomic E-state index is -0.930. The van der Waals surface area contributed by atoms with Gasteiger partial charge in [0.1, 0.15) is 23.4 Å². The molecule has 0 fully saturated rings. The summed E-state index contributed by atoms with van der Waals surface area (Å²) in [6.45, 7) is 17.1. The summed E-state index contributed by atoms with van der Waals surface area (Å²) in [5.41, 5.74) is 2.55. The fourth-order valence-corrected chi connectivity index (χ4v) is 4.55. The molecular weight excluding hydrogens is 506 g/mol. The molecule has 40 heavy (non-hydrogen) atoms. The second kappa shape index (κ2) is 14.2. The van der Waals surface area contributed by atoms with Crippen LogP contribution in [-0.2, 0) is 14.3 Å². The number of nitrogens with zero attached hydrogens (tertiary/aromatic N) is 1. The maximum Gasteiger partial charge on any atom is 0.408 e. The highest BCUT2D eigenvalue weighted by Crippen LogP contribution is 2.31. The molecule has 2 aromatic rings. The maximum atomic E-state index is 14.4. The molecule has 2 rings (SSSR count). The highest BCUT2D eigenvalue weighted by atomic mass is 16.6. The first-order valence-electron chi connectivity index (χ1n) is 14.0. The quantitative estimate of drug-likeness (QED) is 0.329. The largest absolute Gasteiger partial charge is 0.497 e. The number of hydrogen-bond donors (Lipinski definition) is 2. The van der Waals surface area contributed by atoms with E-state index in [0.29, 0.717) is 24.3 Å². The van der Waals surface area contributed by atoms with E-state index >= 15 is 0 Å². The Morgan fingerprint density at radius 2 is 1.60 bits per heavy atom. The molecular formula is C32H47N3O5. The third-order valence-corrected chi connectivity index (χ3v) is 6.62. The van der Waals surface area contributed by atoms with E-state index in [9.17, 15) is 14.4 Å². The molecule has 2 aromatic carbocycles. The summed E-state index contributed by atoms with van der Waals surface area (Å²) in [5.74, 6) is 0.107. The van der Waals surface area contributed by atoms with Crippen molar-refractivity contribution in [2.24, 2.45) is 5.92 Å². The van der Waals surface area contributed by atoms with Crippen LogP contribution in [0.4, 0.5) is 10.5 Å². The number of rotatable bonds is 11. The molecule has 8 heteroatoms. The van der Waals surface area contributed by atoms with Crippen molar-refractivity contribution in [1.82, 2.24) is 10.2 Å². The lowest BCUT2D eigenvalue weighted by Crippen LogP contribution is -2.55. The zero-order valence-electron chi connectivity index (χ0n) is 25.8. The Kier molecular flexibility index (Phi) is 11.6. The van der Waals surface area contributed by atoms with E-state index in [4.69, 9.17) is 9.47 Å². The van der Waals surface area contributed by atoms with Crippen LogP contribution in [0.3, 0.4) is 0 Å². The van der Waals surface area contributed by atoms with Crippen LogP contribution in [0.25, 0.3) is 0 Å². The van der Waals surface area contributed by atoms with E-state index in [-0.39, 0.29) is 23.8 Å². The standard InChI is InChI=1S/C32H47N3O5/c1-11-23(6)35(30(37)27(18-20(2)3)34-31(38)40-32(7,8)9)28(26-17-12-21(4)19-22(26)5)29(36)33-24-13-15-25(39-10)16-14-24/h12-17,19-20,23,27-28H,11,18H2,1-10H3,(H,33,36)(H,34,38). The number of methoxy groups -OCH3 is 1. The van der Waals surface area contributed by atoms with Crippen LogP contribution in [0.5, 0.6) is 5.75 Å². The van der Waals surface area contributed by atoms with Gasteiger partial charge in [-0.3, -0.25) is 9.59 Å². The van der Waals surface area contributed by atoms with Gasteiger partial charge in [0.2, 0.25) is 5.91 Å². The molecule has 2 N–H and O–H groups in total. The number of benzene rings is 2. The van der Waals surface area contributed by atoms with Crippen LogP contribution >= 0.6 is 0 Å². The highest BCUT2D eigenvalue weighted by Gasteiger charge is 2.39. The summed E-state index contributed by atoms with van der Waals surface area (Å²) in [4.78, 5) is 42.9. The molecule has 8 nitrogen and oxygen atoms in total. The summed E-state index contributed by atoms with van der Waals surface area (Å²) >= 11 is 0. The van der Waals surface area contributed by atoms with Crippen molar-refractivity contribution in [1.29, 1.82) is 0 Å². The molecule has 3 atom stereocenters. The van der Waals surface area contributed by atoms with Crippen molar-refractivity contribution in [2.45, 2.75) is 98.9 Å². The molecule has 220 valence electrons. The second-order valence-corrected chi connectivity index (χ2v) is 11.8. The van der Waals surface area contributed by atoms with E-state index in [1.54, 1.807) is 57.0 Å². The zero-order valence-corrected chi connectivity index (χ0v) is 25.8. The molecule has 0 aliphatic carbocycles. The normalized spacial score (nSPS) is 13.7. The first-order valence-corrected chi connectivity index (χ1v) is 14.0. The summed E-state index contributed by atoms with van der Waals surface area (Å²) in [6, 6.07) is 10.8. The van der Waals surface area contributed by atoms with Gasteiger partial charge in [0.25, 0.3) is 5.91 Å². The van der Waals surface area contributed by atoms with Crippen LogP contribution in [0.2, 0.25) is 0 Å². The first-order chi connectivity index (χ1) is 18.7. The van der Waals surface area contributed by atoms with Crippen LogP contribution < -0.4 is 15.4 Å². The maximum absolute atomic E-state index is 14.4. The van der Waals surface area contributed by atoms with Gasteiger partial charge in [-0.15, -0.1) is 0 Å². The molecule has 3 amide bonds. The lowest BCUT2D eigenvalue weighted by atomic mass is 9.93. The number of anilines is 1. The predicted octanol–water partition coefficient (Wildman–Crippen LogP) is 6.56. The average Bonchev–Trinajstić information content (AvgIpc) is 2.85. The van der Waals surface area contributed by atoms with Crippen LogP contribution in [-0.4, -0.2) is 47.6 Å². The Labute approximate surface area is 239 Å². The minimum Gasteiger partial charge on any atom is -0.497 e. The van der Waals surface area contributed by atoms with Crippen molar-refractivity contribution in [3.05, 3.63) is 59.2 Å². The first kappa shape index (κ1) is 32.7. The Morgan fingerprint density at radius 1 is 0.975 bits per heavy atom. The summed E-state index contributed by atoms with van der Waals surface area (Å²) in [7, 11) is 1.58. The number of carbonyl (C=O) groups excluding carboxylic acids is 3. The van der Waals surface area contributed by atoms with Gasteiger partial charge in [0, 0.05) is 11.7 Å². The Balaban J connectivity index is 2.60. The number of ether oxygens (including phenoxy) is 2. The van der Waals surface area contributed by atoms with E-state index in [1.165, 1.54) is 0 Å². The minimum absolute atomic E-state index is 0.107. The molecule has 0 saturated carbocycles. The van der Waals surface area contributed by atoms with Gasteiger partial charge < -0.3 is 25.0 Å². The summed E-state index contributed by atoms with van der Waals surface area (Å²) in [5, 5.41) is 5.80. The van der Waals surface area contributed by atoms with Crippen LogP contribution in [0.1, 0.15) is 84.0 Å². The van der Waals surface area contributed by atoms with Crippen LogP contribution in [0.15, 0.2) is 42.5 Å². The molecule has 0 spiro atoms. The van der Waals surface area contributed by atoms with Gasteiger partial charge in [0.05, 0.1) is 7.11 Å². The van der Waals surface area contributed by atoms with Gasteiger partial charge in [0.15, 0.2) is 0 Å². The van der Waals surface area contributed by atoms with Gasteiger partial charge >= 0.3 is 6.09 Å². The Bertz CT molecular complexity index is 1150. The molecule has 0 bridgehead atoms. The lowest BCUT2D eigenvalue weighted by molar-refractivity contribution is -0.143. The molecule has 0 radical (unpaired) electrons. The molecule has 0 aromatic heterocycles. The van der Waals surface area contributed by atoms with E-state index in [1.807, 2.05) is 59.7 Å². The topological polar surface area (TPSA) is 97.0 Å². The fraction of sp³-hybridized carbons (Fsp3) is 0.531. The number of aryl methyl sites for hydroxylation is 2. The van der Waals surface area contributed by atoms with E-state index < -0.39 is 23.8 Å². The van der Waals surface area contributed by atoms with Crippen LogP contribution in [0, 0.1) is 19.8 Å². The van der Waals surface area contributed by atoms with Gasteiger partial charge in [-0.2, -0.15) is 0 Å². The molecule has 0 aliphatic rings. The predicted molar refractivity (Wildman–Crippen MR) is 159 cm³/mol. The number of carbonyl (C=O) groups is 3. The van der Waals surface area contributed by atoms with Gasteiger partial charge in [-0.05, 0) is 95.7 Å². The van der Waals surface area contributed by atoms with Crippen molar-refractivity contribution in [3.8, 4) is 5.75 Å². The van der Waals surface area contributed by atoms with Gasteiger partial charge in [-0.1, -0.05) is 44.5 Å². The Morgan fingerprint density at radius 3 is 2.10 bits per heavy atom. The highest BCUT2D eigenvalue weighted by molar-refractivity contribution is 5.99. The second-order valence-electron chi connectivity index (χ2n) is 11.8. The molecule has 0 saturated heterocycles. The van der Waals surface area contributed by atoms with Crippen molar-refractivity contribution in [2.75, 3.05) is 12.4 Å². The van der Waals surface area contributed by atoms with Gasteiger partial charge in [-0.25, -0.2) is 4.79 Å². The lowest BCUT2D eigenvalue weighted by Gasteiger charge is -2.39. The van der Waals surface area contributed by atoms with Crippen molar-refractivity contribution < 1.29 is 23.9 Å². The zero-order chi connectivity index (χ0) is 30.2. The average molecular weight is 554 g/mol. The SMILES string of the molecule is CCC(C)N(C(=O)C(CC(C)C)NC(=O)OC(C)(C)C)C(C(=O)Nc1ccc(OC)cc1)c1ccc(C)cc1C. The monoisotopic (exact) mass is 553 g/mol. The number of amides is 3. The molecule has 3 unspecified atom stereocenters. The third kappa shape index (κ3) is 9.28. The summed E-state index contributed by atoms with van der Waals surface area (Å²) < 4.78 is 10.7. The molecule has 0 heterocycles. The van der Waals surface area contributed by atoms with Crippen molar-refractivity contribution in [3.63, 3.8) is 0 Å². The number of hydrogen-bond acceptors (Lipinski definition) is 5. The van der Waals surface area contributed by atoms with Crippen molar-refractivity contribution >= 4 is 23.6 Å². The van der Waals surface area contributed by atoms with E-state index in [2.05, 4.69) is 10.6 Å². The van der Waals surface area contributed by atoms with E-state index in [0.717, 1.165) is 16.7 Å². The number of alkyl carbamates (subject to hydrolysis) is 1. The fourth-order valence-electron chi connectivity index (χ4n) is 4.55.